The van der Waals surface area contributed by atoms with Gasteiger partial charge in [0.15, 0.2) is 0 Å². The summed E-state index contributed by atoms with van der Waals surface area (Å²) in [5, 5.41) is 5.19. The summed E-state index contributed by atoms with van der Waals surface area (Å²) in [6.07, 6.45) is -3.84. The van der Waals surface area contributed by atoms with Crippen LogP contribution in [0.1, 0.15) is 27.0 Å². The molecule has 1 aliphatic rings. The highest BCUT2D eigenvalue weighted by atomic mass is 19.4. The largest absolute Gasteiger partial charge is 0.416 e. The number of nitrogens with one attached hydrogen (secondary N) is 2. The molecule has 1 heterocycles. The summed E-state index contributed by atoms with van der Waals surface area (Å²) in [7, 11) is 1.51. The molecular weight excluding hydrogens is 359 g/mol. The monoisotopic (exact) mass is 377 g/mol. The third kappa shape index (κ3) is 3.60. The lowest BCUT2D eigenvalue weighted by Gasteiger charge is -2.21. The van der Waals surface area contributed by atoms with Gasteiger partial charge in [-0.15, -0.1) is 0 Å². The first-order valence-electron chi connectivity index (χ1n) is 8.32. The standard InChI is InChI=1S/C19H18F3N3O2/c1-11-10-13(19(20,21)22)6-7-15(11)24-18(27)25-9-8-12-4-3-5-14(16(12)25)17(26)23-2/h3-7,10H,8-9H2,1-2H3,(H,23,26)(H,24,27). The topological polar surface area (TPSA) is 61.4 Å². The number of aryl methyl sites for hydroxylation is 1. The molecule has 0 aromatic heterocycles. The number of nitrogens with zero attached hydrogens (tertiary/aromatic N) is 1. The molecule has 0 aliphatic carbocycles. The van der Waals surface area contributed by atoms with E-state index < -0.39 is 17.8 Å². The number of anilines is 2. The predicted octanol–water partition coefficient (Wildman–Crippen LogP) is 3.97. The average Bonchev–Trinajstić information content (AvgIpc) is 3.06. The normalized spacial score (nSPS) is 13.3. The number of carbonyl (C=O) groups excluding carboxylic acids is 2. The summed E-state index contributed by atoms with van der Waals surface area (Å²) in [6, 6.07) is 7.89. The second-order valence-electron chi connectivity index (χ2n) is 6.25. The first kappa shape index (κ1) is 18.8. The minimum atomic E-state index is -4.44. The number of halogens is 3. The first-order valence-corrected chi connectivity index (χ1v) is 8.32. The number of benzene rings is 2. The van der Waals surface area contributed by atoms with Gasteiger partial charge in [-0.1, -0.05) is 12.1 Å². The van der Waals surface area contributed by atoms with Gasteiger partial charge in [-0.25, -0.2) is 4.79 Å². The van der Waals surface area contributed by atoms with Crippen molar-refractivity contribution in [2.75, 3.05) is 23.8 Å². The van der Waals surface area contributed by atoms with Gasteiger partial charge >= 0.3 is 12.2 Å². The van der Waals surface area contributed by atoms with Gasteiger partial charge in [-0.2, -0.15) is 13.2 Å². The number of para-hydroxylation sites is 1. The van der Waals surface area contributed by atoms with Crippen LogP contribution in [0.3, 0.4) is 0 Å². The zero-order valence-corrected chi connectivity index (χ0v) is 14.8. The lowest BCUT2D eigenvalue weighted by molar-refractivity contribution is -0.137. The van der Waals surface area contributed by atoms with E-state index in [-0.39, 0.29) is 5.91 Å². The maximum Gasteiger partial charge on any atom is 0.416 e. The maximum atomic E-state index is 12.8. The van der Waals surface area contributed by atoms with Crippen molar-refractivity contribution in [2.45, 2.75) is 19.5 Å². The summed E-state index contributed by atoms with van der Waals surface area (Å²) in [5.74, 6) is -0.308. The van der Waals surface area contributed by atoms with Crippen LogP contribution in [0.25, 0.3) is 0 Å². The highest BCUT2D eigenvalue weighted by Crippen LogP contribution is 2.34. The fourth-order valence-corrected chi connectivity index (χ4v) is 3.14. The Morgan fingerprint density at radius 2 is 1.89 bits per heavy atom. The number of alkyl halides is 3. The molecule has 0 radical (unpaired) electrons. The van der Waals surface area contributed by atoms with Gasteiger partial charge in [0.1, 0.15) is 0 Å². The van der Waals surface area contributed by atoms with E-state index in [1.807, 2.05) is 6.07 Å². The number of fused-ring (bicyclic) bond motifs is 1. The summed E-state index contributed by atoms with van der Waals surface area (Å²) >= 11 is 0. The molecule has 1 aliphatic heterocycles. The van der Waals surface area contributed by atoms with E-state index in [4.69, 9.17) is 0 Å². The van der Waals surface area contributed by atoms with Crippen LogP contribution in [0.2, 0.25) is 0 Å². The Bertz CT molecular complexity index is 910. The van der Waals surface area contributed by atoms with Crippen LogP contribution in [-0.4, -0.2) is 25.5 Å². The molecule has 3 rings (SSSR count). The van der Waals surface area contributed by atoms with Gasteiger partial charge in [0.2, 0.25) is 0 Å². The first-order chi connectivity index (χ1) is 12.7. The van der Waals surface area contributed by atoms with Crippen molar-refractivity contribution in [3.63, 3.8) is 0 Å². The van der Waals surface area contributed by atoms with Gasteiger partial charge < -0.3 is 10.6 Å². The van der Waals surface area contributed by atoms with Gasteiger partial charge in [0.25, 0.3) is 5.91 Å². The van der Waals surface area contributed by atoms with E-state index in [1.165, 1.54) is 24.9 Å². The molecule has 2 aromatic carbocycles. The number of hydrogen-bond acceptors (Lipinski definition) is 2. The summed E-state index contributed by atoms with van der Waals surface area (Å²) < 4.78 is 38.4. The van der Waals surface area contributed by atoms with Crippen molar-refractivity contribution in [2.24, 2.45) is 0 Å². The molecule has 2 N–H and O–H groups in total. The average molecular weight is 377 g/mol. The van der Waals surface area contributed by atoms with Gasteiger partial charge in [-0.05, 0) is 48.7 Å². The molecule has 2 aromatic rings. The predicted molar refractivity (Wildman–Crippen MR) is 96.1 cm³/mol. The maximum absolute atomic E-state index is 12.8. The highest BCUT2D eigenvalue weighted by molar-refractivity contribution is 6.09. The van der Waals surface area contributed by atoms with E-state index >= 15 is 0 Å². The number of urea groups is 1. The smallest absolute Gasteiger partial charge is 0.355 e. The number of rotatable bonds is 2. The van der Waals surface area contributed by atoms with Crippen molar-refractivity contribution in [1.29, 1.82) is 0 Å². The van der Waals surface area contributed by atoms with Crippen molar-refractivity contribution in [1.82, 2.24) is 5.32 Å². The molecule has 3 amide bonds. The molecule has 0 fully saturated rings. The highest BCUT2D eigenvalue weighted by Gasteiger charge is 2.32. The van der Waals surface area contributed by atoms with Gasteiger partial charge in [0.05, 0.1) is 16.8 Å². The SMILES string of the molecule is CNC(=O)c1cccc2c1N(C(=O)Nc1ccc(C(F)(F)F)cc1C)CC2. The van der Waals surface area contributed by atoms with Crippen LogP contribution < -0.4 is 15.5 Å². The van der Waals surface area contributed by atoms with Crippen molar-refractivity contribution in [3.05, 3.63) is 58.7 Å². The van der Waals surface area contributed by atoms with Crippen LogP contribution >= 0.6 is 0 Å². The van der Waals surface area contributed by atoms with Crippen molar-refractivity contribution < 1.29 is 22.8 Å². The lowest BCUT2D eigenvalue weighted by Crippen LogP contribution is -2.35. The lowest BCUT2D eigenvalue weighted by atomic mass is 10.1. The van der Waals surface area contributed by atoms with Crippen LogP contribution in [-0.2, 0) is 12.6 Å². The zero-order chi connectivity index (χ0) is 19.8. The molecule has 0 unspecified atom stereocenters. The fraction of sp³-hybridized carbons (Fsp3) is 0.263. The van der Waals surface area contributed by atoms with Crippen molar-refractivity contribution >= 4 is 23.3 Å². The molecule has 142 valence electrons. The summed E-state index contributed by atoms with van der Waals surface area (Å²) in [4.78, 5) is 26.3. The summed E-state index contributed by atoms with van der Waals surface area (Å²) in [5.41, 5.74) is 1.60. The Morgan fingerprint density at radius 3 is 2.52 bits per heavy atom. The Morgan fingerprint density at radius 1 is 1.15 bits per heavy atom. The molecule has 27 heavy (non-hydrogen) atoms. The van der Waals surface area contributed by atoms with Gasteiger partial charge in [0, 0.05) is 19.3 Å². The van der Waals surface area contributed by atoms with Crippen LogP contribution in [0.15, 0.2) is 36.4 Å². The number of carbonyl (C=O) groups is 2. The zero-order valence-electron chi connectivity index (χ0n) is 14.8. The van der Waals surface area contributed by atoms with Crippen LogP contribution in [0.5, 0.6) is 0 Å². The second kappa shape index (κ2) is 6.94. The Hall–Kier alpha value is -3.03. The van der Waals surface area contributed by atoms with E-state index in [2.05, 4.69) is 10.6 Å². The van der Waals surface area contributed by atoms with E-state index in [1.54, 1.807) is 12.1 Å². The Labute approximate surface area is 154 Å². The molecule has 0 spiro atoms. The molecule has 0 atom stereocenters. The molecule has 8 heteroatoms. The molecule has 0 saturated carbocycles. The van der Waals surface area contributed by atoms with Crippen LogP contribution in [0, 0.1) is 6.92 Å². The number of amides is 3. The van der Waals surface area contributed by atoms with Crippen molar-refractivity contribution in [3.8, 4) is 0 Å². The molecule has 0 saturated heterocycles. The molecule has 0 bridgehead atoms. The van der Waals surface area contributed by atoms with Gasteiger partial charge in [-0.3, -0.25) is 9.69 Å². The molecular formula is C19H18F3N3O2. The third-order valence-electron chi connectivity index (χ3n) is 4.51. The van der Waals surface area contributed by atoms with E-state index in [0.717, 1.165) is 17.7 Å². The Balaban J connectivity index is 1.87. The third-order valence-corrected chi connectivity index (χ3v) is 4.51. The fourth-order valence-electron chi connectivity index (χ4n) is 3.14. The summed E-state index contributed by atoms with van der Waals surface area (Å²) in [6.45, 7) is 1.88. The quantitative estimate of drug-likeness (QED) is 0.832. The minimum Gasteiger partial charge on any atom is -0.355 e. The molecule has 5 nitrogen and oxygen atoms in total. The van der Waals surface area contributed by atoms with Crippen LogP contribution in [0.4, 0.5) is 29.3 Å². The number of hydrogen-bond donors (Lipinski definition) is 2. The Kier molecular flexibility index (Phi) is 4.82. The minimum absolute atomic E-state index is 0.291. The second-order valence-corrected chi connectivity index (χ2v) is 6.25. The van der Waals surface area contributed by atoms with E-state index in [9.17, 15) is 22.8 Å². The van der Waals surface area contributed by atoms with E-state index in [0.29, 0.717) is 35.5 Å².